The van der Waals surface area contributed by atoms with E-state index in [0.29, 0.717) is 25.6 Å². The Labute approximate surface area is 165 Å². The Kier molecular flexibility index (Phi) is 5.43. The summed E-state index contributed by atoms with van der Waals surface area (Å²) in [5.41, 5.74) is 0.942. The van der Waals surface area contributed by atoms with Crippen molar-refractivity contribution in [1.29, 1.82) is 0 Å². The van der Waals surface area contributed by atoms with Crippen molar-refractivity contribution in [3.8, 4) is 0 Å². The topological polar surface area (TPSA) is 57.0 Å². The molecule has 28 heavy (non-hydrogen) atoms. The van der Waals surface area contributed by atoms with E-state index in [9.17, 15) is 8.78 Å². The highest BCUT2D eigenvalue weighted by Crippen LogP contribution is 2.26. The molecule has 1 saturated heterocycles. The van der Waals surface area contributed by atoms with Gasteiger partial charge in [-0.15, -0.1) is 11.3 Å². The van der Waals surface area contributed by atoms with Crippen LogP contribution in [0.4, 0.5) is 14.5 Å². The van der Waals surface area contributed by atoms with E-state index >= 15 is 0 Å². The number of fused-ring (bicyclic) bond motifs is 1. The van der Waals surface area contributed by atoms with Gasteiger partial charge >= 0.3 is 0 Å². The summed E-state index contributed by atoms with van der Waals surface area (Å²) in [4.78, 5) is 11.8. The molecule has 1 unspecified atom stereocenters. The van der Waals surface area contributed by atoms with Crippen LogP contribution < -0.4 is 15.5 Å². The molecule has 0 amide bonds. The molecule has 4 rings (SSSR count). The van der Waals surface area contributed by atoms with Gasteiger partial charge in [-0.25, -0.2) is 18.8 Å². The number of thiazole rings is 1. The van der Waals surface area contributed by atoms with E-state index in [0.717, 1.165) is 23.6 Å². The number of para-hydroxylation sites is 1. The first-order valence-corrected chi connectivity index (χ1v) is 10.2. The summed E-state index contributed by atoms with van der Waals surface area (Å²) in [7, 11) is 0. The predicted octanol–water partition coefficient (Wildman–Crippen LogP) is 3.01. The normalized spacial score (nSPS) is 17.5. The van der Waals surface area contributed by atoms with Gasteiger partial charge in [0, 0.05) is 43.4 Å². The molecule has 2 aromatic heterocycles. The Bertz CT molecular complexity index is 933. The van der Waals surface area contributed by atoms with Crippen LogP contribution in [-0.2, 0) is 6.54 Å². The van der Waals surface area contributed by atoms with Crippen LogP contribution >= 0.6 is 11.3 Å². The van der Waals surface area contributed by atoms with Crippen molar-refractivity contribution in [3.05, 3.63) is 53.3 Å². The number of hydrogen-bond acceptors (Lipinski definition) is 4. The number of anilines is 1. The largest absolute Gasteiger partial charge is 0.365 e. The minimum atomic E-state index is -0.527. The summed E-state index contributed by atoms with van der Waals surface area (Å²) < 4.78 is 30.1. The second kappa shape index (κ2) is 8.14. The van der Waals surface area contributed by atoms with Gasteiger partial charge in [0.15, 0.2) is 10.9 Å². The van der Waals surface area contributed by atoms with Crippen LogP contribution in [0.25, 0.3) is 4.96 Å². The van der Waals surface area contributed by atoms with E-state index in [1.54, 1.807) is 16.2 Å². The van der Waals surface area contributed by atoms with E-state index in [1.165, 1.54) is 18.2 Å². The lowest BCUT2D eigenvalue weighted by molar-refractivity contribution is 0.576. The fraction of sp³-hybridized carbons (Fsp3) is 0.368. The van der Waals surface area contributed by atoms with Crippen molar-refractivity contribution < 1.29 is 8.78 Å². The zero-order chi connectivity index (χ0) is 19.5. The van der Waals surface area contributed by atoms with Gasteiger partial charge in [-0.1, -0.05) is 6.07 Å². The van der Waals surface area contributed by atoms with E-state index in [1.807, 2.05) is 29.1 Å². The molecule has 1 atom stereocenters. The average molecular weight is 404 g/mol. The molecule has 0 radical (unpaired) electrons. The second-order valence-electron chi connectivity index (χ2n) is 6.67. The Morgan fingerprint density at radius 1 is 1.36 bits per heavy atom. The van der Waals surface area contributed by atoms with Gasteiger partial charge in [0.1, 0.15) is 17.3 Å². The minimum Gasteiger partial charge on any atom is -0.365 e. The third kappa shape index (κ3) is 3.94. The Hall–Kier alpha value is -2.68. The van der Waals surface area contributed by atoms with Crippen molar-refractivity contribution in [2.75, 3.05) is 24.5 Å². The number of guanidine groups is 1. The van der Waals surface area contributed by atoms with Crippen molar-refractivity contribution in [3.63, 3.8) is 0 Å². The van der Waals surface area contributed by atoms with Crippen LogP contribution in [-0.4, -0.2) is 41.0 Å². The maximum absolute atomic E-state index is 14.0. The number of imidazole rings is 1. The van der Waals surface area contributed by atoms with E-state index in [4.69, 9.17) is 0 Å². The van der Waals surface area contributed by atoms with Crippen molar-refractivity contribution in [1.82, 2.24) is 20.0 Å². The highest BCUT2D eigenvalue weighted by Gasteiger charge is 2.27. The van der Waals surface area contributed by atoms with Gasteiger partial charge in [-0.2, -0.15) is 0 Å². The molecular formula is C19H22F2N6S. The molecule has 1 aliphatic heterocycles. The molecule has 1 aliphatic rings. The van der Waals surface area contributed by atoms with Crippen LogP contribution in [0.2, 0.25) is 0 Å². The highest BCUT2D eigenvalue weighted by molar-refractivity contribution is 7.15. The SMILES string of the molecule is CCNC(=NCc1cn2ccsc2n1)NC1CCN(c2c(F)cccc2F)C1. The molecule has 0 aliphatic carbocycles. The summed E-state index contributed by atoms with van der Waals surface area (Å²) in [6.45, 7) is 4.29. The number of halogens is 2. The van der Waals surface area contributed by atoms with Crippen LogP contribution in [0.15, 0.2) is 41.0 Å². The third-order valence-electron chi connectivity index (χ3n) is 4.67. The molecule has 3 aromatic rings. The molecule has 1 aromatic carbocycles. The van der Waals surface area contributed by atoms with Gasteiger partial charge < -0.3 is 15.5 Å². The zero-order valence-corrected chi connectivity index (χ0v) is 16.3. The number of rotatable bonds is 5. The van der Waals surface area contributed by atoms with Crippen LogP contribution in [0.5, 0.6) is 0 Å². The molecule has 6 nitrogen and oxygen atoms in total. The quantitative estimate of drug-likeness (QED) is 0.507. The summed E-state index contributed by atoms with van der Waals surface area (Å²) >= 11 is 1.58. The first-order valence-electron chi connectivity index (χ1n) is 9.29. The minimum absolute atomic E-state index is 0.0480. The number of nitrogens with one attached hydrogen (secondary N) is 2. The summed E-state index contributed by atoms with van der Waals surface area (Å²) in [6, 6.07) is 4.03. The first-order chi connectivity index (χ1) is 13.6. The number of nitrogens with zero attached hydrogens (tertiary/aromatic N) is 4. The maximum atomic E-state index is 14.0. The number of aromatic nitrogens is 2. The molecule has 3 heterocycles. The highest BCUT2D eigenvalue weighted by atomic mass is 32.1. The van der Waals surface area contributed by atoms with Crippen molar-refractivity contribution in [2.45, 2.75) is 25.9 Å². The zero-order valence-electron chi connectivity index (χ0n) is 15.5. The Balaban J connectivity index is 1.41. The second-order valence-corrected chi connectivity index (χ2v) is 7.54. The lowest BCUT2D eigenvalue weighted by atomic mass is 10.2. The fourth-order valence-corrected chi connectivity index (χ4v) is 4.12. The molecular weight excluding hydrogens is 382 g/mol. The van der Waals surface area contributed by atoms with Crippen LogP contribution in [0, 0.1) is 11.6 Å². The lowest BCUT2D eigenvalue weighted by Gasteiger charge is -2.21. The van der Waals surface area contributed by atoms with E-state index in [2.05, 4.69) is 20.6 Å². The van der Waals surface area contributed by atoms with Gasteiger partial charge in [-0.3, -0.25) is 4.40 Å². The standard InChI is InChI=1S/C19H22F2N6S/c1-2-22-18(23-10-14-12-27-8-9-28-19(27)25-14)24-13-6-7-26(11-13)17-15(20)4-3-5-16(17)21/h3-5,8-9,12-13H,2,6-7,10-11H2,1H3,(H2,22,23,24). The van der Waals surface area contributed by atoms with Gasteiger partial charge in [0.25, 0.3) is 0 Å². The van der Waals surface area contributed by atoms with Crippen molar-refractivity contribution in [2.24, 2.45) is 4.99 Å². The molecule has 0 bridgehead atoms. The number of aliphatic imine (C=N–C) groups is 1. The summed E-state index contributed by atoms with van der Waals surface area (Å²) in [6.07, 6.45) is 4.72. The number of benzene rings is 1. The third-order valence-corrected chi connectivity index (χ3v) is 5.44. The van der Waals surface area contributed by atoms with Gasteiger partial charge in [-0.05, 0) is 25.5 Å². The fourth-order valence-electron chi connectivity index (χ4n) is 3.40. The van der Waals surface area contributed by atoms with E-state index in [-0.39, 0.29) is 11.7 Å². The Morgan fingerprint density at radius 2 is 2.18 bits per heavy atom. The van der Waals surface area contributed by atoms with Crippen molar-refractivity contribution >= 4 is 27.9 Å². The molecule has 148 valence electrons. The van der Waals surface area contributed by atoms with Crippen LogP contribution in [0.1, 0.15) is 19.0 Å². The first kappa shape index (κ1) is 18.7. The van der Waals surface area contributed by atoms with Crippen LogP contribution in [0.3, 0.4) is 0 Å². The Morgan fingerprint density at radius 3 is 2.93 bits per heavy atom. The molecule has 0 spiro atoms. The summed E-state index contributed by atoms with van der Waals surface area (Å²) in [5, 5.41) is 8.59. The maximum Gasteiger partial charge on any atom is 0.193 e. The molecule has 2 N–H and O–H groups in total. The van der Waals surface area contributed by atoms with Gasteiger partial charge in [0.05, 0.1) is 12.2 Å². The summed E-state index contributed by atoms with van der Waals surface area (Å²) in [5.74, 6) is -0.373. The number of hydrogen-bond donors (Lipinski definition) is 2. The molecule has 1 fully saturated rings. The molecule has 9 heteroatoms. The van der Waals surface area contributed by atoms with E-state index < -0.39 is 11.6 Å². The monoisotopic (exact) mass is 404 g/mol. The molecule has 0 saturated carbocycles. The lowest BCUT2D eigenvalue weighted by Crippen LogP contribution is -2.44. The predicted molar refractivity (Wildman–Crippen MR) is 108 cm³/mol. The van der Waals surface area contributed by atoms with Gasteiger partial charge in [0.2, 0.25) is 0 Å². The average Bonchev–Trinajstić information content (AvgIpc) is 3.36. The smallest absolute Gasteiger partial charge is 0.193 e.